The molecule has 1 atom stereocenters. The molecule has 0 amide bonds. The molecule has 0 saturated carbocycles. The van der Waals surface area contributed by atoms with E-state index in [-0.39, 0.29) is 11.5 Å². The third kappa shape index (κ3) is 5.76. The number of aromatic nitrogens is 1. The van der Waals surface area contributed by atoms with Crippen LogP contribution in [0.15, 0.2) is 53.6 Å². The van der Waals surface area contributed by atoms with E-state index in [4.69, 9.17) is 9.47 Å². The predicted octanol–water partition coefficient (Wildman–Crippen LogP) is 0.664. The topological polar surface area (TPSA) is 95.4 Å². The van der Waals surface area contributed by atoms with Crippen molar-refractivity contribution in [2.75, 3.05) is 70.5 Å². The second-order valence-corrected chi connectivity index (χ2v) is 9.87. The molecule has 0 aliphatic carbocycles. The third-order valence-corrected chi connectivity index (χ3v) is 7.60. The summed E-state index contributed by atoms with van der Waals surface area (Å²) in [5.74, 6) is 1.51. The molecular formula is C22H30N4O5S. The van der Waals surface area contributed by atoms with Crippen LogP contribution < -0.4 is 9.64 Å². The lowest BCUT2D eigenvalue weighted by Crippen LogP contribution is -2.49. The van der Waals surface area contributed by atoms with E-state index >= 15 is 0 Å². The number of piperazine rings is 1. The zero-order chi connectivity index (χ0) is 22.4. The van der Waals surface area contributed by atoms with E-state index < -0.39 is 16.1 Å². The van der Waals surface area contributed by atoms with Gasteiger partial charge in [-0.1, -0.05) is 6.07 Å². The summed E-state index contributed by atoms with van der Waals surface area (Å²) < 4.78 is 37.7. The average Bonchev–Trinajstić information content (AvgIpc) is 2.84. The number of aliphatic hydroxyl groups excluding tert-OH is 1. The zero-order valence-electron chi connectivity index (χ0n) is 18.0. The van der Waals surface area contributed by atoms with Gasteiger partial charge >= 0.3 is 0 Å². The van der Waals surface area contributed by atoms with E-state index in [1.807, 2.05) is 18.2 Å². The lowest BCUT2D eigenvalue weighted by atomic mass is 10.2. The van der Waals surface area contributed by atoms with Crippen molar-refractivity contribution in [1.82, 2.24) is 14.2 Å². The van der Waals surface area contributed by atoms with Crippen LogP contribution in [0, 0.1) is 0 Å². The first-order chi connectivity index (χ1) is 15.5. The van der Waals surface area contributed by atoms with Gasteiger partial charge in [0.15, 0.2) is 0 Å². The Kier molecular flexibility index (Phi) is 7.59. The summed E-state index contributed by atoms with van der Waals surface area (Å²) >= 11 is 0. The molecule has 9 nitrogen and oxygen atoms in total. The van der Waals surface area contributed by atoms with Gasteiger partial charge in [0.05, 0.1) is 18.1 Å². The number of hydrogen-bond donors (Lipinski definition) is 1. The Hall–Kier alpha value is -2.24. The van der Waals surface area contributed by atoms with Gasteiger partial charge in [-0.05, 0) is 36.4 Å². The van der Waals surface area contributed by atoms with Crippen LogP contribution in [-0.2, 0) is 14.8 Å². The van der Waals surface area contributed by atoms with Gasteiger partial charge in [-0.15, -0.1) is 0 Å². The summed E-state index contributed by atoms with van der Waals surface area (Å²) in [5, 5.41) is 10.4. The molecule has 2 fully saturated rings. The van der Waals surface area contributed by atoms with Gasteiger partial charge in [0.25, 0.3) is 0 Å². The monoisotopic (exact) mass is 462 g/mol. The molecule has 1 unspecified atom stereocenters. The minimum Gasteiger partial charge on any atom is -0.491 e. The molecule has 0 spiro atoms. The molecule has 174 valence electrons. The fourth-order valence-corrected chi connectivity index (χ4v) is 5.30. The Balaban J connectivity index is 1.22. The number of ether oxygens (including phenoxy) is 2. The van der Waals surface area contributed by atoms with Crippen molar-refractivity contribution in [3.8, 4) is 5.75 Å². The lowest BCUT2D eigenvalue weighted by Gasteiger charge is -2.36. The van der Waals surface area contributed by atoms with Crippen LogP contribution in [-0.4, -0.2) is 99.5 Å². The Morgan fingerprint density at radius 1 is 1.00 bits per heavy atom. The van der Waals surface area contributed by atoms with Crippen LogP contribution in [0.1, 0.15) is 0 Å². The third-order valence-electron chi connectivity index (χ3n) is 5.69. The normalized spacial score (nSPS) is 19.6. The minimum absolute atomic E-state index is 0.149. The van der Waals surface area contributed by atoms with E-state index in [1.54, 1.807) is 30.5 Å². The van der Waals surface area contributed by atoms with Gasteiger partial charge < -0.3 is 19.5 Å². The highest BCUT2D eigenvalue weighted by Gasteiger charge is 2.26. The van der Waals surface area contributed by atoms with Crippen LogP contribution in [0.4, 0.5) is 5.82 Å². The number of pyridine rings is 1. The molecule has 1 N–H and O–H groups in total. The zero-order valence-corrected chi connectivity index (χ0v) is 18.9. The van der Waals surface area contributed by atoms with Gasteiger partial charge in [0.2, 0.25) is 10.0 Å². The van der Waals surface area contributed by atoms with Gasteiger partial charge in [-0.3, -0.25) is 4.90 Å². The van der Waals surface area contributed by atoms with E-state index in [9.17, 15) is 13.5 Å². The van der Waals surface area contributed by atoms with E-state index in [1.165, 1.54) is 4.31 Å². The highest BCUT2D eigenvalue weighted by molar-refractivity contribution is 7.89. The molecule has 1 aromatic heterocycles. The van der Waals surface area contributed by atoms with E-state index in [2.05, 4.69) is 14.8 Å². The molecule has 32 heavy (non-hydrogen) atoms. The summed E-state index contributed by atoms with van der Waals surface area (Å²) in [5.41, 5.74) is 0. The van der Waals surface area contributed by atoms with Crippen molar-refractivity contribution in [1.29, 1.82) is 0 Å². The van der Waals surface area contributed by atoms with Crippen molar-refractivity contribution in [3.05, 3.63) is 48.7 Å². The SMILES string of the molecule is O=S(=O)(c1ccc(OCC(O)CN2CCN(c3ccccn3)CC2)cc1)N1CCOCC1. The smallest absolute Gasteiger partial charge is 0.243 e. The van der Waals surface area contributed by atoms with Crippen LogP contribution in [0.3, 0.4) is 0 Å². The summed E-state index contributed by atoms with van der Waals surface area (Å²) in [7, 11) is -3.52. The number of β-amino-alcohol motifs (C(OH)–C–C–N with tert-alkyl or cyclic N) is 1. The Labute approximate surface area is 189 Å². The molecular weight excluding hydrogens is 432 g/mol. The Morgan fingerprint density at radius 3 is 2.38 bits per heavy atom. The number of benzene rings is 1. The van der Waals surface area contributed by atoms with Gasteiger partial charge in [0.1, 0.15) is 24.3 Å². The van der Waals surface area contributed by atoms with Crippen molar-refractivity contribution < 1.29 is 23.0 Å². The number of anilines is 1. The molecule has 0 radical (unpaired) electrons. The fourth-order valence-electron chi connectivity index (χ4n) is 3.89. The van der Waals surface area contributed by atoms with E-state index in [0.717, 1.165) is 32.0 Å². The summed E-state index contributed by atoms with van der Waals surface area (Å²) in [6.07, 6.45) is 1.17. The van der Waals surface area contributed by atoms with Crippen LogP contribution in [0.5, 0.6) is 5.75 Å². The van der Waals surface area contributed by atoms with Crippen molar-refractivity contribution in [2.24, 2.45) is 0 Å². The number of morpholine rings is 1. The van der Waals surface area contributed by atoms with Crippen LogP contribution >= 0.6 is 0 Å². The molecule has 2 aliphatic heterocycles. The standard InChI is InChI=1S/C22H30N4O5S/c27-19(17-24-9-11-25(12-10-24)22-3-1-2-8-23-22)18-31-20-4-6-21(7-5-20)32(28,29)26-13-15-30-16-14-26/h1-8,19,27H,9-18H2. The minimum atomic E-state index is -3.52. The highest BCUT2D eigenvalue weighted by atomic mass is 32.2. The molecule has 2 aliphatic rings. The second kappa shape index (κ2) is 10.6. The quantitative estimate of drug-likeness (QED) is 0.612. The molecule has 4 rings (SSSR count). The van der Waals surface area contributed by atoms with Crippen molar-refractivity contribution in [2.45, 2.75) is 11.0 Å². The first-order valence-electron chi connectivity index (χ1n) is 10.9. The summed E-state index contributed by atoms with van der Waals surface area (Å²) in [6.45, 7) is 5.66. The largest absolute Gasteiger partial charge is 0.491 e. The number of aliphatic hydroxyl groups is 1. The Bertz CT molecular complexity index is 944. The summed E-state index contributed by atoms with van der Waals surface area (Å²) in [4.78, 5) is 9.08. The number of hydrogen-bond acceptors (Lipinski definition) is 8. The maximum atomic E-state index is 12.7. The van der Waals surface area contributed by atoms with Gasteiger partial charge in [-0.2, -0.15) is 4.31 Å². The van der Waals surface area contributed by atoms with Gasteiger partial charge in [-0.25, -0.2) is 13.4 Å². The molecule has 2 aromatic rings. The molecule has 1 aromatic carbocycles. The number of sulfonamides is 1. The first kappa shape index (κ1) is 22.9. The predicted molar refractivity (Wildman–Crippen MR) is 120 cm³/mol. The van der Waals surface area contributed by atoms with Crippen molar-refractivity contribution in [3.63, 3.8) is 0 Å². The maximum Gasteiger partial charge on any atom is 0.243 e. The van der Waals surface area contributed by atoms with Crippen molar-refractivity contribution >= 4 is 15.8 Å². The Morgan fingerprint density at radius 2 is 1.72 bits per heavy atom. The fraction of sp³-hybridized carbons (Fsp3) is 0.500. The maximum absolute atomic E-state index is 12.7. The molecule has 2 saturated heterocycles. The molecule has 3 heterocycles. The molecule has 10 heteroatoms. The summed E-state index contributed by atoms with van der Waals surface area (Å²) in [6, 6.07) is 12.3. The van der Waals surface area contributed by atoms with Crippen LogP contribution in [0.25, 0.3) is 0 Å². The van der Waals surface area contributed by atoms with E-state index in [0.29, 0.717) is 38.6 Å². The lowest BCUT2D eigenvalue weighted by molar-refractivity contribution is 0.0662. The number of nitrogens with zero attached hydrogens (tertiary/aromatic N) is 4. The second-order valence-electron chi connectivity index (χ2n) is 7.93. The van der Waals surface area contributed by atoms with Gasteiger partial charge in [0, 0.05) is 52.0 Å². The van der Waals surface area contributed by atoms with Crippen LogP contribution in [0.2, 0.25) is 0 Å². The number of rotatable bonds is 8. The average molecular weight is 463 g/mol. The highest BCUT2D eigenvalue weighted by Crippen LogP contribution is 2.21. The first-order valence-corrected chi connectivity index (χ1v) is 12.3. The molecule has 0 bridgehead atoms.